The first-order valence-electron chi connectivity index (χ1n) is 10.6. The maximum absolute atomic E-state index is 12.3. The van der Waals surface area contributed by atoms with Crippen molar-refractivity contribution in [3.8, 4) is 28.6 Å². The molecule has 0 saturated heterocycles. The smallest absolute Gasteiger partial charge is 0.273 e. The highest BCUT2D eigenvalue weighted by molar-refractivity contribution is 5.91. The van der Waals surface area contributed by atoms with Gasteiger partial charge >= 0.3 is 0 Å². The van der Waals surface area contributed by atoms with Gasteiger partial charge in [0.25, 0.3) is 11.6 Å². The zero-order chi connectivity index (χ0) is 24.1. The van der Waals surface area contributed by atoms with E-state index in [1.165, 1.54) is 6.07 Å². The Balaban J connectivity index is 1.39. The normalized spacial score (nSPS) is 10.6. The molecular weight excluding hydrogens is 436 g/mol. The van der Waals surface area contributed by atoms with Crippen molar-refractivity contribution in [3.63, 3.8) is 0 Å². The third-order valence-electron chi connectivity index (χ3n) is 5.38. The molecule has 0 fully saturated rings. The molecule has 0 aliphatic rings. The number of nitrogens with one attached hydrogen (secondary N) is 1. The van der Waals surface area contributed by atoms with E-state index in [2.05, 4.69) is 15.5 Å². The monoisotopic (exact) mass is 458 g/mol. The predicted molar refractivity (Wildman–Crippen MR) is 127 cm³/mol. The molecule has 1 heterocycles. The maximum atomic E-state index is 12.3. The van der Waals surface area contributed by atoms with Gasteiger partial charge in [-0.1, -0.05) is 23.4 Å². The quantitative estimate of drug-likeness (QED) is 0.284. The Bertz CT molecular complexity index is 1310. The van der Waals surface area contributed by atoms with Crippen LogP contribution in [0.25, 0.3) is 22.8 Å². The van der Waals surface area contributed by atoms with Crippen molar-refractivity contribution in [2.24, 2.45) is 0 Å². The number of aromatic nitrogens is 2. The minimum Gasteiger partial charge on any atom is -0.497 e. The summed E-state index contributed by atoms with van der Waals surface area (Å²) in [5.41, 5.74) is 3.35. The van der Waals surface area contributed by atoms with Gasteiger partial charge in [0, 0.05) is 34.9 Å². The molecule has 0 atom stereocenters. The second-order valence-electron chi connectivity index (χ2n) is 7.60. The molecule has 34 heavy (non-hydrogen) atoms. The number of anilines is 1. The Hall–Kier alpha value is -4.53. The number of benzene rings is 3. The minimum absolute atomic E-state index is 0.00987. The first-order chi connectivity index (χ1) is 16.4. The summed E-state index contributed by atoms with van der Waals surface area (Å²) in [6, 6.07) is 19.4. The molecule has 1 N–H and O–H groups in total. The fourth-order valence-corrected chi connectivity index (χ4v) is 3.48. The second kappa shape index (κ2) is 9.95. The van der Waals surface area contributed by atoms with Crippen LogP contribution >= 0.6 is 0 Å². The molecule has 1 amide bonds. The van der Waals surface area contributed by atoms with Gasteiger partial charge in [-0.05, 0) is 61.4 Å². The molecular formula is C25H22N4O5. The number of rotatable bonds is 8. The molecule has 172 valence electrons. The standard InChI is InChI=1S/C25H22N4O5/c1-16-21(4-3-5-22(16)29(31)32)25-27-24(28-34-25)18-9-11-19(12-10-18)26-23(30)15-8-17-6-13-20(33-2)14-7-17/h3-7,9-14H,8,15H2,1-2H3,(H,26,30). The molecule has 0 spiro atoms. The van der Waals surface area contributed by atoms with Crippen molar-refractivity contribution in [1.82, 2.24) is 10.1 Å². The van der Waals surface area contributed by atoms with Gasteiger partial charge in [0.2, 0.25) is 11.7 Å². The first-order valence-corrected chi connectivity index (χ1v) is 10.6. The fourth-order valence-electron chi connectivity index (χ4n) is 3.48. The van der Waals surface area contributed by atoms with Crippen molar-refractivity contribution in [2.45, 2.75) is 19.8 Å². The molecule has 4 aromatic rings. The van der Waals surface area contributed by atoms with E-state index in [1.807, 2.05) is 24.3 Å². The summed E-state index contributed by atoms with van der Waals surface area (Å²) in [5, 5.41) is 18.1. The molecule has 9 heteroatoms. The lowest BCUT2D eigenvalue weighted by molar-refractivity contribution is -0.385. The van der Waals surface area contributed by atoms with Gasteiger partial charge in [-0.25, -0.2) is 0 Å². The summed E-state index contributed by atoms with van der Waals surface area (Å²) >= 11 is 0. The van der Waals surface area contributed by atoms with Gasteiger partial charge < -0.3 is 14.6 Å². The van der Waals surface area contributed by atoms with Crippen molar-refractivity contribution in [3.05, 3.63) is 88.0 Å². The third-order valence-corrected chi connectivity index (χ3v) is 5.38. The molecule has 0 bridgehead atoms. The summed E-state index contributed by atoms with van der Waals surface area (Å²) in [7, 11) is 1.61. The molecule has 0 saturated carbocycles. The van der Waals surface area contributed by atoms with E-state index < -0.39 is 4.92 Å². The largest absolute Gasteiger partial charge is 0.497 e. The Morgan fingerprint density at radius 1 is 1.09 bits per heavy atom. The first kappa shape index (κ1) is 22.7. The lowest BCUT2D eigenvalue weighted by atomic mass is 10.1. The number of nitrogens with zero attached hydrogens (tertiary/aromatic N) is 3. The number of nitro benzene ring substituents is 1. The van der Waals surface area contributed by atoms with Crippen molar-refractivity contribution in [2.75, 3.05) is 12.4 Å². The minimum atomic E-state index is -0.444. The van der Waals surface area contributed by atoms with Gasteiger partial charge in [-0.3, -0.25) is 14.9 Å². The highest BCUT2D eigenvalue weighted by atomic mass is 16.6. The Kier molecular flexibility index (Phi) is 6.63. The van der Waals surface area contributed by atoms with Gasteiger partial charge in [-0.15, -0.1) is 0 Å². The topological polar surface area (TPSA) is 120 Å². The highest BCUT2D eigenvalue weighted by Gasteiger charge is 2.19. The fraction of sp³-hybridized carbons (Fsp3) is 0.160. The van der Waals surface area contributed by atoms with Crippen LogP contribution < -0.4 is 10.1 Å². The summed E-state index contributed by atoms with van der Waals surface area (Å²) in [6.07, 6.45) is 0.974. The van der Waals surface area contributed by atoms with Gasteiger partial charge in [0.05, 0.1) is 12.0 Å². The number of methoxy groups -OCH3 is 1. The van der Waals surface area contributed by atoms with Crippen LogP contribution in [0.1, 0.15) is 17.5 Å². The SMILES string of the molecule is COc1ccc(CCC(=O)Nc2ccc(-c3noc(-c4cccc([N+](=O)[O-])c4C)n3)cc2)cc1. The van der Waals surface area contributed by atoms with Crippen molar-refractivity contribution < 1.29 is 19.0 Å². The summed E-state index contributed by atoms with van der Waals surface area (Å²) in [4.78, 5) is 27.4. The van der Waals surface area contributed by atoms with Crippen LogP contribution in [0.4, 0.5) is 11.4 Å². The number of hydrogen-bond donors (Lipinski definition) is 1. The van der Waals surface area contributed by atoms with E-state index in [0.717, 1.165) is 11.3 Å². The number of amides is 1. The molecule has 4 rings (SSSR count). The molecule has 0 aliphatic carbocycles. The lowest BCUT2D eigenvalue weighted by Crippen LogP contribution is -2.12. The summed E-state index contributed by atoms with van der Waals surface area (Å²) < 4.78 is 10.5. The lowest BCUT2D eigenvalue weighted by Gasteiger charge is -2.06. The molecule has 1 aromatic heterocycles. The number of carbonyl (C=O) groups excluding carboxylic acids is 1. The van der Waals surface area contributed by atoms with Crippen LogP contribution in [0.15, 0.2) is 71.3 Å². The van der Waals surface area contributed by atoms with Gasteiger partial charge in [0.1, 0.15) is 5.75 Å². The van der Waals surface area contributed by atoms with Crippen LogP contribution in [-0.2, 0) is 11.2 Å². The summed E-state index contributed by atoms with van der Waals surface area (Å²) in [6.45, 7) is 1.64. The summed E-state index contributed by atoms with van der Waals surface area (Å²) in [5.74, 6) is 1.24. The Morgan fingerprint density at radius 3 is 2.50 bits per heavy atom. The predicted octanol–water partition coefficient (Wildman–Crippen LogP) is 5.20. The van der Waals surface area contributed by atoms with Crippen LogP contribution in [0.5, 0.6) is 5.75 Å². The number of ether oxygens (including phenoxy) is 1. The van der Waals surface area contributed by atoms with Crippen molar-refractivity contribution in [1.29, 1.82) is 0 Å². The van der Waals surface area contributed by atoms with Crippen LogP contribution in [-0.4, -0.2) is 28.1 Å². The van der Waals surface area contributed by atoms with Crippen molar-refractivity contribution >= 4 is 17.3 Å². The van der Waals surface area contributed by atoms with Crippen LogP contribution in [0.3, 0.4) is 0 Å². The van der Waals surface area contributed by atoms with E-state index in [-0.39, 0.29) is 17.5 Å². The van der Waals surface area contributed by atoms with Gasteiger partial charge in [0.15, 0.2) is 0 Å². The molecule has 3 aromatic carbocycles. The van der Waals surface area contributed by atoms with Gasteiger partial charge in [-0.2, -0.15) is 4.98 Å². The van der Waals surface area contributed by atoms with E-state index in [4.69, 9.17) is 9.26 Å². The number of nitro groups is 1. The highest BCUT2D eigenvalue weighted by Crippen LogP contribution is 2.30. The van der Waals surface area contributed by atoms with E-state index in [9.17, 15) is 14.9 Å². The zero-order valence-electron chi connectivity index (χ0n) is 18.6. The molecule has 0 unspecified atom stereocenters. The number of hydrogen-bond acceptors (Lipinski definition) is 7. The van der Waals surface area contributed by atoms with E-state index in [0.29, 0.717) is 41.0 Å². The van der Waals surface area contributed by atoms with E-state index in [1.54, 1.807) is 50.4 Å². The number of carbonyl (C=O) groups is 1. The number of aryl methyl sites for hydroxylation is 1. The zero-order valence-corrected chi connectivity index (χ0v) is 18.6. The molecule has 9 nitrogen and oxygen atoms in total. The van der Waals surface area contributed by atoms with E-state index >= 15 is 0 Å². The Labute approximate surface area is 195 Å². The molecule has 0 radical (unpaired) electrons. The van der Waals surface area contributed by atoms with Crippen LogP contribution in [0.2, 0.25) is 0 Å². The molecule has 0 aliphatic heterocycles. The Morgan fingerprint density at radius 2 is 1.82 bits per heavy atom. The third kappa shape index (κ3) is 5.09. The average molecular weight is 458 g/mol. The maximum Gasteiger partial charge on any atom is 0.273 e. The van der Waals surface area contributed by atoms with Crippen LogP contribution in [0, 0.1) is 17.0 Å². The second-order valence-corrected chi connectivity index (χ2v) is 7.60. The average Bonchev–Trinajstić information content (AvgIpc) is 3.33.